The number of nitriles is 1. The molecule has 1 amide bonds. The molecule has 0 radical (unpaired) electrons. The summed E-state index contributed by atoms with van der Waals surface area (Å²) in [5.74, 6) is -5.07. The molecule has 3 heterocycles. The molecule has 21 heteroatoms. The normalized spacial score (nSPS) is 18.1. The number of phenolic OH excluding ortho intramolecular Hbond substituents is 1. The Kier molecular flexibility index (Phi) is 20.6. The minimum absolute atomic E-state index is 0.0184. The number of hydrogen-bond donors (Lipinski definition) is 3. The number of likely N-dealkylation sites (N-methyl/N-ethyl adjacent to an activating group) is 1. The standard InChI is InChI=1S/C62H66Cl3F4N7O7/c1-61(2,3)34-50-62(35-70,41-20-19-38(63)32-45(41)67)54(39-12-9-13-42(64)55(39)68)58(72-50)48(79)30-37-18-17-36(31-49(37)81-5)46(77)16-11-26-82-28-29-83-27-25-75(4)51(80)21-22-71-60-73-57-40(59(74-60)76-23-7-6-8-24-76)33-43(65)52(56(57)69)53-44(66)14-10-15-47(53)78/h9-10,12-15,17-20,31-33,50,54,58,72,78H,6-8,11,16,21-30,34H2,1-5H3,(H,71,73,74)/t50-,54-,58-,62-/m0/s1. The molecule has 0 saturated carbocycles. The highest BCUT2D eigenvalue weighted by Crippen LogP contribution is 2.53. The summed E-state index contributed by atoms with van der Waals surface area (Å²) in [7, 11) is 3.07. The van der Waals surface area contributed by atoms with Gasteiger partial charge in [-0.05, 0) is 85.5 Å². The number of piperidine rings is 1. The van der Waals surface area contributed by atoms with Crippen LogP contribution in [-0.4, -0.2) is 116 Å². The maximum absolute atomic E-state index is 16.4. The fraction of sp³-hybridized carbons (Fsp3) is 0.419. The van der Waals surface area contributed by atoms with Gasteiger partial charge in [-0.2, -0.15) is 10.2 Å². The van der Waals surface area contributed by atoms with Crippen molar-refractivity contribution in [2.75, 3.05) is 77.0 Å². The number of carbonyl (C=O) groups is 3. The van der Waals surface area contributed by atoms with Crippen molar-refractivity contribution in [3.05, 3.63) is 139 Å². The van der Waals surface area contributed by atoms with Crippen LogP contribution in [-0.2, 0) is 30.9 Å². The molecule has 3 N–H and O–H groups in total. The molecule has 8 rings (SSSR count). The maximum atomic E-state index is 16.4. The first-order valence-corrected chi connectivity index (χ1v) is 28.7. The van der Waals surface area contributed by atoms with Crippen molar-refractivity contribution >= 4 is 74.9 Å². The molecule has 2 aliphatic heterocycles. The van der Waals surface area contributed by atoms with Crippen LogP contribution < -0.4 is 20.3 Å². The zero-order chi connectivity index (χ0) is 59.8. The molecule has 2 saturated heterocycles. The van der Waals surface area contributed by atoms with Crippen LogP contribution >= 0.6 is 34.8 Å². The minimum Gasteiger partial charge on any atom is -0.507 e. The summed E-state index contributed by atoms with van der Waals surface area (Å²) in [6, 6.07) is 18.6. The number of Topliss-reactive ketones (excluding diaryl/α,β-unsaturated/α-hetero) is 2. The van der Waals surface area contributed by atoms with E-state index >= 15 is 13.2 Å². The molecular formula is C62H66Cl3F4N7O7. The van der Waals surface area contributed by atoms with E-state index in [1.54, 1.807) is 25.2 Å². The van der Waals surface area contributed by atoms with Gasteiger partial charge in [-0.25, -0.2) is 22.5 Å². The Morgan fingerprint density at radius 2 is 1.60 bits per heavy atom. The van der Waals surface area contributed by atoms with Crippen molar-refractivity contribution in [2.45, 2.75) is 95.6 Å². The van der Waals surface area contributed by atoms with Gasteiger partial charge in [-0.15, -0.1) is 0 Å². The van der Waals surface area contributed by atoms with Crippen LogP contribution in [0, 0.1) is 40.0 Å². The number of ketones is 2. The van der Waals surface area contributed by atoms with E-state index in [2.05, 4.69) is 21.7 Å². The van der Waals surface area contributed by atoms with Crippen LogP contribution in [0.1, 0.15) is 98.7 Å². The number of hydrogen-bond acceptors (Lipinski definition) is 13. The number of aromatic hydroxyl groups is 1. The number of halogens is 7. The molecule has 440 valence electrons. The van der Waals surface area contributed by atoms with E-state index in [-0.39, 0.29) is 118 Å². The number of rotatable bonds is 24. The van der Waals surface area contributed by atoms with E-state index in [0.717, 1.165) is 31.4 Å². The van der Waals surface area contributed by atoms with Gasteiger partial charge in [-0.3, -0.25) is 14.4 Å². The van der Waals surface area contributed by atoms with Crippen molar-refractivity contribution < 1.29 is 51.3 Å². The van der Waals surface area contributed by atoms with Gasteiger partial charge >= 0.3 is 0 Å². The summed E-state index contributed by atoms with van der Waals surface area (Å²) in [5, 5.41) is 28.2. The molecule has 1 aromatic heterocycles. The second kappa shape index (κ2) is 27.4. The number of aromatic nitrogens is 2. The SMILES string of the molecule is COc1cc(C(=O)CCCOCCOCCN(C)C(=O)CCNc2nc(N3CCCCC3)c3cc(Cl)c(-c4c(O)cccc4F)c(F)c3n2)ccc1CC(=O)[C@@H]1N[C@@H](CC(C)(C)C)[C@](C#N)(c2ccc(Cl)cc2F)[C@H]1c1cccc(Cl)c1F. The van der Waals surface area contributed by atoms with Gasteiger partial charge in [-0.1, -0.05) is 92.0 Å². The lowest BCUT2D eigenvalue weighted by atomic mass is 9.62. The average Bonchev–Trinajstić information content (AvgIpc) is 3.26. The molecular weight excluding hydrogens is 1140 g/mol. The lowest BCUT2D eigenvalue weighted by molar-refractivity contribution is -0.130. The summed E-state index contributed by atoms with van der Waals surface area (Å²) in [4.78, 5) is 53.9. The topological polar surface area (TPSA) is 179 Å². The quantitative estimate of drug-likeness (QED) is 0.0296. The number of phenols is 1. The van der Waals surface area contributed by atoms with Gasteiger partial charge in [0.25, 0.3) is 0 Å². The van der Waals surface area contributed by atoms with Gasteiger partial charge < -0.3 is 39.8 Å². The molecule has 14 nitrogen and oxygen atoms in total. The molecule has 0 bridgehead atoms. The zero-order valence-corrected chi connectivity index (χ0v) is 49.1. The number of nitrogens with zero attached hydrogens (tertiary/aromatic N) is 5. The third-order valence-electron chi connectivity index (χ3n) is 15.2. The molecule has 0 unspecified atom stereocenters. The third kappa shape index (κ3) is 14.2. The fourth-order valence-electron chi connectivity index (χ4n) is 11.2. The summed E-state index contributed by atoms with van der Waals surface area (Å²) >= 11 is 19.1. The Bertz CT molecular complexity index is 3390. The summed E-state index contributed by atoms with van der Waals surface area (Å²) in [6.45, 7) is 8.62. The monoisotopic (exact) mass is 1200 g/mol. The Morgan fingerprint density at radius 1 is 0.867 bits per heavy atom. The van der Waals surface area contributed by atoms with Crippen molar-refractivity contribution in [1.29, 1.82) is 5.26 Å². The van der Waals surface area contributed by atoms with Crippen LogP contribution in [0.3, 0.4) is 0 Å². The predicted octanol–water partition coefficient (Wildman–Crippen LogP) is 12.6. The number of anilines is 2. The number of methoxy groups -OCH3 is 1. The molecule has 4 atom stereocenters. The Morgan fingerprint density at radius 3 is 2.30 bits per heavy atom. The number of fused-ring (bicyclic) bond motifs is 1. The van der Waals surface area contributed by atoms with Gasteiger partial charge in [0.15, 0.2) is 17.4 Å². The number of benzene rings is 5. The molecule has 0 spiro atoms. The molecule has 83 heavy (non-hydrogen) atoms. The maximum Gasteiger partial charge on any atom is 0.225 e. The second-order valence-electron chi connectivity index (χ2n) is 22.1. The van der Waals surface area contributed by atoms with Crippen LogP contribution in [0.4, 0.5) is 29.3 Å². The molecule has 2 fully saturated rings. The van der Waals surface area contributed by atoms with E-state index in [1.807, 2.05) is 25.7 Å². The average molecular weight is 1200 g/mol. The van der Waals surface area contributed by atoms with Crippen molar-refractivity contribution in [3.8, 4) is 28.7 Å². The van der Waals surface area contributed by atoms with Crippen molar-refractivity contribution in [2.24, 2.45) is 5.41 Å². The number of ether oxygens (including phenoxy) is 3. The smallest absolute Gasteiger partial charge is 0.225 e. The predicted molar refractivity (Wildman–Crippen MR) is 313 cm³/mol. The molecule has 5 aromatic carbocycles. The zero-order valence-electron chi connectivity index (χ0n) is 46.8. The van der Waals surface area contributed by atoms with Crippen LogP contribution in [0.2, 0.25) is 15.1 Å². The number of amides is 1. The van der Waals surface area contributed by atoms with Gasteiger partial charge in [0.05, 0.1) is 54.7 Å². The Balaban J connectivity index is 0.805. The van der Waals surface area contributed by atoms with E-state index in [9.17, 15) is 29.1 Å². The van der Waals surface area contributed by atoms with Gasteiger partial charge in [0.1, 0.15) is 45.7 Å². The molecule has 0 aliphatic carbocycles. The van der Waals surface area contributed by atoms with E-state index in [0.29, 0.717) is 54.8 Å². The molecule has 2 aliphatic rings. The van der Waals surface area contributed by atoms with Gasteiger partial charge in [0, 0.05) is 104 Å². The summed E-state index contributed by atoms with van der Waals surface area (Å²) in [5.41, 5.74) is -2.28. The Hall–Kier alpha value is -6.59. The highest BCUT2D eigenvalue weighted by Gasteiger charge is 2.61. The van der Waals surface area contributed by atoms with E-state index in [4.69, 9.17) is 54.0 Å². The lowest BCUT2D eigenvalue weighted by Gasteiger charge is -2.37. The summed E-state index contributed by atoms with van der Waals surface area (Å²) in [6.07, 6.45) is 3.53. The number of nitrogens with one attached hydrogen (secondary N) is 2. The van der Waals surface area contributed by atoms with Crippen molar-refractivity contribution in [1.82, 2.24) is 20.2 Å². The van der Waals surface area contributed by atoms with Crippen molar-refractivity contribution in [3.63, 3.8) is 0 Å². The highest BCUT2D eigenvalue weighted by atomic mass is 35.5. The van der Waals surface area contributed by atoms with E-state index < -0.39 is 63.6 Å². The third-order valence-corrected chi connectivity index (χ3v) is 16.0. The van der Waals surface area contributed by atoms with Crippen LogP contribution in [0.25, 0.3) is 22.0 Å². The second-order valence-corrected chi connectivity index (χ2v) is 23.3. The van der Waals surface area contributed by atoms with Crippen LogP contribution in [0.5, 0.6) is 11.5 Å². The molecule has 6 aromatic rings. The number of carbonyl (C=O) groups excluding carboxylic acids is 3. The first kappa shape index (κ1) is 62.5. The highest BCUT2D eigenvalue weighted by molar-refractivity contribution is 6.34. The fourth-order valence-corrected chi connectivity index (χ4v) is 11.8. The minimum atomic E-state index is -1.79. The van der Waals surface area contributed by atoms with Crippen LogP contribution in [0.15, 0.2) is 78.9 Å². The lowest BCUT2D eigenvalue weighted by Crippen LogP contribution is -2.44. The first-order valence-electron chi connectivity index (χ1n) is 27.5. The van der Waals surface area contributed by atoms with E-state index in [1.165, 1.54) is 60.5 Å². The first-order chi connectivity index (χ1) is 39.7. The van der Waals surface area contributed by atoms with Gasteiger partial charge in [0.2, 0.25) is 11.9 Å². The Labute approximate surface area is 495 Å². The largest absolute Gasteiger partial charge is 0.507 e. The summed E-state index contributed by atoms with van der Waals surface area (Å²) < 4.78 is 80.8.